The highest BCUT2D eigenvalue weighted by molar-refractivity contribution is 5.87. The minimum Gasteiger partial charge on any atom is -0.492 e. The molecule has 2 N–H and O–H groups in total. The molecule has 1 aromatic rings. The Kier molecular flexibility index (Phi) is 6.02. The van der Waals surface area contributed by atoms with Crippen LogP contribution in [0.2, 0.25) is 0 Å². The molecule has 0 radical (unpaired) electrons. The first-order chi connectivity index (χ1) is 10.2. The molecule has 0 saturated carbocycles. The normalized spacial score (nSPS) is 19.4. The van der Waals surface area contributed by atoms with E-state index in [0.29, 0.717) is 12.4 Å². The SMILES string of the molecule is CNCC1CCCN(CCOc2cccc(C(=O)O)c2)C1. The van der Waals surface area contributed by atoms with Gasteiger partial charge in [0.05, 0.1) is 5.56 Å². The quantitative estimate of drug-likeness (QED) is 0.801. The molecule has 1 fully saturated rings. The second-order valence-corrected chi connectivity index (χ2v) is 5.55. The molecule has 1 saturated heterocycles. The highest BCUT2D eigenvalue weighted by atomic mass is 16.5. The van der Waals surface area contributed by atoms with Crippen LogP contribution in [0.5, 0.6) is 5.75 Å². The number of rotatable bonds is 7. The Hall–Kier alpha value is -1.59. The molecule has 0 amide bonds. The molecule has 2 rings (SSSR count). The predicted octanol–water partition coefficient (Wildman–Crippen LogP) is 1.69. The smallest absolute Gasteiger partial charge is 0.335 e. The maximum Gasteiger partial charge on any atom is 0.335 e. The number of nitrogens with zero attached hydrogens (tertiary/aromatic N) is 1. The number of benzene rings is 1. The summed E-state index contributed by atoms with van der Waals surface area (Å²) in [7, 11) is 2.00. The predicted molar refractivity (Wildman–Crippen MR) is 82.0 cm³/mol. The molecule has 0 aromatic heterocycles. The van der Waals surface area contributed by atoms with Gasteiger partial charge in [-0.15, -0.1) is 0 Å². The van der Waals surface area contributed by atoms with Gasteiger partial charge in [0.15, 0.2) is 0 Å². The van der Waals surface area contributed by atoms with Crippen LogP contribution in [0.25, 0.3) is 0 Å². The second-order valence-electron chi connectivity index (χ2n) is 5.55. The van der Waals surface area contributed by atoms with E-state index in [-0.39, 0.29) is 5.56 Å². The lowest BCUT2D eigenvalue weighted by molar-refractivity contribution is 0.0696. The summed E-state index contributed by atoms with van der Waals surface area (Å²) in [4.78, 5) is 13.3. The van der Waals surface area contributed by atoms with Crippen molar-refractivity contribution in [2.75, 3.05) is 39.8 Å². The minimum atomic E-state index is -0.925. The van der Waals surface area contributed by atoms with Gasteiger partial charge in [-0.05, 0) is 57.1 Å². The van der Waals surface area contributed by atoms with E-state index in [1.807, 2.05) is 7.05 Å². The monoisotopic (exact) mass is 292 g/mol. The molecule has 1 aliphatic heterocycles. The molecule has 1 unspecified atom stereocenters. The van der Waals surface area contributed by atoms with Gasteiger partial charge in [0.1, 0.15) is 12.4 Å². The highest BCUT2D eigenvalue weighted by Crippen LogP contribution is 2.16. The third-order valence-electron chi connectivity index (χ3n) is 3.85. The van der Waals surface area contributed by atoms with Crippen LogP contribution in [0.1, 0.15) is 23.2 Å². The highest BCUT2D eigenvalue weighted by Gasteiger charge is 2.18. The summed E-state index contributed by atoms with van der Waals surface area (Å²) in [6, 6.07) is 6.65. The fourth-order valence-corrected chi connectivity index (χ4v) is 2.82. The number of hydrogen-bond donors (Lipinski definition) is 2. The zero-order valence-corrected chi connectivity index (χ0v) is 12.5. The van der Waals surface area contributed by atoms with Crippen molar-refractivity contribution in [3.8, 4) is 5.75 Å². The number of carbonyl (C=O) groups is 1. The summed E-state index contributed by atoms with van der Waals surface area (Å²) in [6.07, 6.45) is 2.53. The Morgan fingerprint density at radius 3 is 3.14 bits per heavy atom. The Labute approximate surface area is 125 Å². The lowest BCUT2D eigenvalue weighted by Gasteiger charge is -2.32. The Morgan fingerprint density at radius 2 is 2.38 bits per heavy atom. The summed E-state index contributed by atoms with van der Waals surface area (Å²) in [5.74, 6) is 0.421. The summed E-state index contributed by atoms with van der Waals surface area (Å²) in [5, 5.41) is 12.2. The van der Waals surface area contributed by atoms with Crippen molar-refractivity contribution < 1.29 is 14.6 Å². The number of likely N-dealkylation sites (tertiary alicyclic amines) is 1. The van der Waals surface area contributed by atoms with Gasteiger partial charge in [-0.1, -0.05) is 6.07 Å². The van der Waals surface area contributed by atoms with Gasteiger partial charge in [-0.3, -0.25) is 4.90 Å². The first kappa shape index (κ1) is 15.8. The largest absolute Gasteiger partial charge is 0.492 e. The summed E-state index contributed by atoms with van der Waals surface area (Å²) in [6.45, 7) is 4.78. The van der Waals surface area contributed by atoms with Crippen LogP contribution in [0.15, 0.2) is 24.3 Å². The maximum absolute atomic E-state index is 10.9. The molecule has 21 heavy (non-hydrogen) atoms. The van der Waals surface area contributed by atoms with E-state index < -0.39 is 5.97 Å². The fraction of sp³-hybridized carbons (Fsp3) is 0.562. The van der Waals surface area contributed by atoms with Gasteiger partial charge in [0.25, 0.3) is 0 Å². The Balaban J connectivity index is 1.76. The van der Waals surface area contributed by atoms with E-state index in [2.05, 4.69) is 10.2 Å². The van der Waals surface area contributed by atoms with E-state index in [9.17, 15) is 4.79 Å². The molecular formula is C16H24N2O3. The molecule has 1 atom stereocenters. The Bertz CT molecular complexity index is 463. The van der Waals surface area contributed by atoms with Gasteiger partial charge in [-0.2, -0.15) is 0 Å². The van der Waals surface area contributed by atoms with Crippen molar-refractivity contribution in [3.63, 3.8) is 0 Å². The summed E-state index contributed by atoms with van der Waals surface area (Å²) in [5.41, 5.74) is 0.263. The molecule has 0 spiro atoms. The van der Waals surface area contributed by atoms with Gasteiger partial charge in [0.2, 0.25) is 0 Å². The van der Waals surface area contributed by atoms with E-state index >= 15 is 0 Å². The van der Waals surface area contributed by atoms with Gasteiger partial charge >= 0.3 is 5.97 Å². The van der Waals surface area contributed by atoms with Crippen LogP contribution in [0, 0.1) is 5.92 Å². The average molecular weight is 292 g/mol. The fourth-order valence-electron chi connectivity index (χ4n) is 2.82. The number of hydrogen-bond acceptors (Lipinski definition) is 4. The Morgan fingerprint density at radius 1 is 1.52 bits per heavy atom. The van der Waals surface area contributed by atoms with Crippen LogP contribution in [0.3, 0.4) is 0 Å². The molecule has 1 heterocycles. The molecule has 5 nitrogen and oxygen atoms in total. The van der Waals surface area contributed by atoms with Crippen molar-refractivity contribution >= 4 is 5.97 Å². The van der Waals surface area contributed by atoms with Crippen molar-refractivity contribution in [3.05, 3.63) is 29.8 Å². The number of carboxylic acids is 1. The average Bonchev–Trinajstić information content (AvgIpc) is 2.48. The van der Waals surface area contributed by atoms with Crippen molar-refractivity contribution in [1.82, 2.24) is 10.2 Å². The summed E-state index contributed by atoms with van der Waals surface area (Å²) < 4.78 is 5.67. The number of nitrogens with one attached hydrogen (secondary N) is 1. The first-order valence-corrected chi connectivity index (χ1v) is 7.52. The molecule has 0 bridgehead atoms. The number of aromatic carboxylic acids is 1. The molecular weight excluding hydrogens is 268 g/mol. The third kappa shape index (κ3) is 5.02. The van der Waals surface area contributed by atoms with Gasteiger partial charge in [-0.25, -0.2) is 4.79 Å². The zero-order valence-electron chi connectivity index (χ0n) is 12.5. The summed E-state index contributed by atoms with van der Waals surface area (Å²) >= 11 is 0. The zero-order chi connectivity index (χ0) is 15.1. The number of carboxylic acid groups (broad SMARTS) is 1. The number of piperidine rings is 1. The van der Waals surface area contributed by atoms with Crippen molar-refractivity contribution in [2.45, 2.75) is 12.8 Å². The van der Waals surface area contributed by atoms with Crippen LogP contribution >= 0.6 is 0 Å². The molecule has 116 valence electrons. The maximum atomic E-state index is 10.9. The lowest BCUT2D eigenvalue weighted by atomic mass is 9.98. The van der Waals surface area contributed by atoms with Crippen LogP contribution in [-0.2, 0) is 0 Å². The van der Waals surface area contributed by atoms with Gasteiger partial charge < -0.3 is 15.2 Å². The standard InChI is InChI=1S/C16H24N2O3/c1-17-11-13-4-3-7-18(12-13)8-9-21-15-6-2-5-14(10-15)16(19)20/h2,5-6,10,13,17H,3-4,7-9,11-12H2,1H3,(H,19,20). The molecule has 1 aliphatic rings. The number of ether oxygens (including phenoxy) is 1. The molecule has 0 aliphatic carbocycles. The molecule has 5 heteroatoms. The van der Waals surface area contributed by atoms with Crippen LogP contribution < -0.4 is 10.1 Å². The van der Waals surface area contributed by atoms with Crippen molar-refractivity contribution in [1.29, 1.82) is 0 Å². The minimum absolute atomic E-state index is 0.263. The third-order valence-corrected chi connectivity index (χ3v) is 3.85. The van der Waals surface area contributed by atoms with E-state index in [0.717, 1.165) is 32.1 Å². The second kappa shape index (κ2) is 8.00. The van der Waals surface area contributed by atoms with Crippen molar-refractivity contribution in [2.24, 2.45) is 5.92 Å². The first-order valence-electron chi connectivity index (χ1n) is 7.52. The van der Waals surface area contributed by atoms with E-state index in [1.165, 1.54) is 12.8 Å². The molecule has 1 aromatic carbocycles. The van der Waals surface area contributed by atoms with Gasteiger partial charge in [0, 0.05) is 13.1 Å². The van der Waals surface area contributed by atoms with Crippen LogP contribution in [0.4, 0.5) is 0 Å². The van der Waals surface area contributed by atoms with E-state index in [4.69, 9.17) is 9.84 Å². The lowest BCUT2D eigenvalue weighted by Crippen LogP contribution is -2.40. The van der Waals surface area contributed by atoms with E-state index in [1.54, 1.807) is 24.3 Å². The topological polar surface area (TPSA) is 61.8 Å². The van der Waals surface area contributed by atoms with Crippen LogP contribution in [-0.4, -0.2) is 55.8 Å².